The van der Waals surface area contributed by atoms with Crippen LogP contribution in [0.1, 0.15) is 70.6 Å². The molecule has 3 heterocycles. The zero-order chi connectivity index (χ0) is 29.3. The van der Waals surface area contributed by atoms with Gasteiger partial charge in [0.05, 0.1) is 11.5 Å². The molecule has 4 atom stereocenters. The normalized spacial score (nSPS) is 28.9. The lowest BCUT2D eigenvalue weighted by molar-refractivity contribution is -0.142. The first kappa shape index (κ1) is 29.7. The zero-order valence-corrected chi connectivity index (χ0v) is 25.6. The number of nitrogens with two attached hydrogens (primary N) is 1. The van der Waals surface area contributed by atoms with Crippen molar-refractivity contribution in [1.29, 1.82) is 0 Å². The van der Waals surface area contributed by atoms with Gasteiger partial charge in [0.15, 0.2) is 0 Å². The van der Waals surface area contributed by atoms with Gasteiger partial charge >= 0.3 is 0 Å². The van der Waals surface area contributed by atoms with E-state index in [4.69, 9.17) is 26.8 Å². The Morgan fingerprint density at radius 2 is 1.50 bits per heavy atom. The van der Waals surface area contributed by atoms with Crippen molar-refractivity contribution in [2.75, 3.05) is 13.2 Å². The summed E-state index contributed by atoms with van der Waals surface area (Å²) < 4.78 is 41.8. The number of rotatable bonds is 8. The molecule has 2 N–H and O–H groups in total. The molecule has 4 fully saturated rings. The van der Waals surface area contributed by atoms with E-state index >= 15 is 0 Å². The molecule has 3 aliphatic heterocycles. The Hall–Kier alpha value is -2.33. The lowest BCUT2D eigenvalue weighted by Gasteiger charge is -2.44. The van der Waals surface area contributed by atoms with Gasteiger partial charge in [-0.15, -0.1) is 0 Å². The van der Waals surface area contributed by atoms with Crippen molar-refractivity contribution in [2.45, 2.75) is 106 Å². The van der Waals surface area contributed by atoms with Gasteiger partial charge in [-0.2, -0.15) is 4.31 Å². The number of benzene rings is 2. The van der Waals surface area contributed by atoms with Gasteiger partial charge in [0.25, 0.3) is 0 Å². The summed E-state index contributed by atoms with van der Waals surface area (Å²) in [7, 11) is -3.94. The molecule has 228 valence electrons. The van der Waals surface area contributed by atoms with Crippen LogP contribution in [-0.2, 0) is 14.8 Å². The number of hydrogen-bond acceptors (Lipinski definition) is 6. The highest BCUT2D eigenvalue weighted by molar-refractivity contribution is 7.89. The molecule has 6 rings (SSSR count). The Morgan fingerprint density at radius 3 is 2.17 bits per heavy atom. The lowest BCUT2D eigenvalue weighted by atomic mass is 9.90. The number of amides is 1. The van der Waals surface area contributed by atoms with Crippen LogP contribution in [0.3, 0.4) is 0 Å². The van der Waals surface area contributed by atoms with Crippen molar-refractivity contribution in [2.24, 2.45) is 11.7 Å². The van der Waals surface area contributed by atoms with E-state index in [1.807, 2.05) is 4.90 Å². The van der Waals surface area contributed by atoms with Gasteiger partial charge in [0.2, 0.25) is 15.9 Å². The van der Waals surface area contributed by atoms with Gasteiger partial charge in [0.1, 0.15) is 23.6 Å². The highest BCUT2D eigenvalue weighted by atomic mass is 35.5. The van der Waals surface area contributed by atoms with Crippen molar-refractivity contribution >= 4 is 27.5 Å². The summed E-state index contributed by atoms with van der Waals surface area (Å²) >= 11 is 6.04. The third-order valence-corrected chi connectivity index (χ3v) is 11.7. The van der Waals surface area contributed by atoms with Crippen molar-refractivity contribution in [3.05, 3.63) is 53.6 Å². The molecule has 8 nitrogen and oxygen atoms in total. The summed E-state index contributed by atoms with van der Waals surface area (Å²) in [4.78, 5) is 16.3. The van der Waals surface area contributed by atoms with Crippen LogP contribution >= 0.6 is 11.6 Å². The summed E-state index contributed by atoms with van der Waals surface area (Å²) in [6, 6.07) is 13.1. The maximum absolute atomic E-state index is 14.2. The quantitative estimate of drug-likeness (QED) is 0.428. The van der Waals surface area contributed by atoms with Crippen LogP contribution < -0.4 is 15.2 Å². The molecule has 1 aliphatic carbocycles. The summed E-state index contributed by atoms with van der Waals surface area (Å²) in [5.74, 6) is 1.75. The number of carbonyl (C=O) groups is 1. The molecule has 1 amide bonds. The van der Waals surface area contributed by atoms with Crippen LogP contribution in [0.15, 0.2) is 53.4 Å². The van der Waals surface area contributed by atoms with E-state index in [0.29, 0.717) is 35.5 Å². The molecule has 2 bridgehead atoms. The Bertz CT molecular complexity index is 1320. The second kappa shape index (κ2) is 12.7. The van der Waals surface area contributed by atoms with E-state index in [-0.39, 0.29) is 48.0 Å². The molecule has 10 heteroatoms. The third kappa shape index (κ3) is 6.44. The largest absolute Gasteiger partial charge is 0.493 e. The summed E-state index contributed by atoms with van der Waals surface area (Å²) in [6.07, 6.45) is 9.97. The number of carbonyl (C=O) groups excluding carboxylic acids is 1. The Balaban J connectivity index is 1.21. The highest BCUT2D eigenvalue weighted by Crippen LogP contribution is 2.38. The summed E-state index contributed by atoms with van der Waals surface area (Å²) in [6.45, 7) is 0.852. The van der Waals surface area contributed by atoms with Crippen LogP contribution in [0, 0.1) is 5.92 Å². The second-order valence-electron chi connectivity index (χ2n) is 12.5. The molecule has 0 radical (unpaired) electrons. The van der Waals surface area contributed by atoms with Crippen LogP contribution in [0.4, 0.5) is 0 Å². The number of nitrogens with zero attached hydrogens (tertiary/aromatic N) is 2. The standard InChI is InChI=1S/C32H42ClN3O5S/c33-23-6-10-28(11-7-23)41-29-16-17-35(31(20-29)32(37)36-25-8-9-26(36)19-24(34)18-25)42(38,39)30-14-12-27(13-15-30)40-21-22-4-2-1-3-5-22/h6-7,10-15,22,24-26,29,31H,1-5,8-9,16-21,34H2/t24?,25?,26?,29-,31+/m1/s1. The molecule has 2 aromatic carbocycles. The summed E-state index contributed by atoms with van der Waals surface area (Å²) in [5, 5.41) is 0.612. The van der Waals surface area contributed by atoms with Crippen LogP contribution in [-0.4, -0.2) is 67.0 Å². The van der Waals surface area contributed by atoms with E-state index < -0.39 is 16.1 Å². The van der Waals surface area contributed by atoms with Crippen LogP contribution in [0.2, 0.25) is 5.02 Å². The van der Waals surface area contributed by atoms with Gasteiger partial charge in [-0.1, -0.05) is 30.9 Å². The van der Waals surface area contributed by atoms with E-state index in [9.17, 15) is 13.2 Å². The predicted octanol–water partition coefficient (Wildman–Crippen LogP) is 5.38. The monoisotopic (exact) mass is 615 g/mol. The minimum absolute atomic E-state index is 0.0639. The Kier molecular flexibility index (Phi) is 9.01. The molecule has 1 saturated carbocycles. The van der Waals surface area contributed by atoms with E-state index in [1.165, 1.54) is 36.4 Å². The van der Waals surface area contributed by atoms with E-state index in [1.54, 1.807) is 48.5 Å². The average molecular weight is 616 g/mol. The Labute approximate surface area is 254 Å². The first-order valence-electron chi connectivity index (χ1n) is 15.5. The topological polar surface area (TPSA) is 102 Å². The fourth-order valence-corrected chi connectivity index (χ4v) is 9.13. The van der Waals surface area contributed by atoms with Crippen LogP contribution in [0.25, 0.3) is 0 Å². The van der Waals surface area contributed by atoms with Gasteiger partial charge in [-0.25, -0.2) is 8.42 Å². The van der Waals surface area contributed by atoms with Gasteiger partial charge in [-0.3, -0.25) is 4.79 Å². The first-order chi connectivity index (χ1) is 20.3. The fraction of sp³-hybridized carbons (Fsp3) is 0.594. The van der Waals surface area contributed by atoms with Gasteiger partial charge in [0, 0.05) is 36.1 Å². The molecular weight excluding hydrogens is 574 g/mol. The zero-order valence-electron chi connectivity index (χ0n) is 24.1. The SMILES string of the molecule is NC1CC2CCC(C1)N2C(=O)[C@@H]1C[C@H](Oc2ccc(Cl)cc2)CCN1S(=O)(=O)c1ccc(OCC2CCCCC2)cc1. The van der Waals surface area contributed by atoms with Gasteiger partial charge < -0.3 is 20.1 Å². The lowest BCUT2D eigenvalue weighted by Crippen LogP contribution is -2.60. The maximum atomic E-state index is 14.2. The van der Waals surface area contributed by atoms with Crippen molar-refractivity contribution in [3.63, 3.8) is 0 Å². The second-order valence-corrected chi connectivity index (χ2v) is 14.8. The number of sulfonamides is 1. The van der Waals surface area contributed by atoms with Crippen molar-refractivity contribution < 1.29 is 22.7 Å². The molecule has 0 spiro atoms. The predicted molar refractivity (Wildman–Crippen MR) is 162 cm³/mol. The minimum Gasteiger partial charge on any atom is -0.493 e. The van der Waals surface area contributed by atoms with Crippen LogP contribution in [0.5, 0.6) is 11.5 Å². The fourth-order valence-electron chi connectivity index (χ4n) is 7.40. The number of fused-ring (bicyclic) bond motifs is 2. The number of hydrogen-bond donors (Lipinski definition) is 1. The van der Waals surface area contributed by atoms with E-state index in [2.05, 4.69) is 0 Å². The van der Waals surface area contributed by atoms with Crippen molar-refractivity contribution in [1.82, 2.24) is 9.21 Å². The smallest absolute Gasteiger partial charge is 0.243 e. The highest BCUT2D eigenvalue weighted by Gasteiger charge is 2.49. The third-order valence-electron chi connectivity index (χ3n) is 9.57. The molecule has 42 heavy (non-hydrogen) atoms. The van der Waals surface area contributed by atoms with Gasteiger partial charge in [-0.05, 0) is 99.4 Å². The minimum atomic E-state index is -3.94. The molecule has 0 aromatic heterocycles. The Morgan fingerprint density at radius 1 is 0.857 bits per heavy atom. The number of piperidine rings is 2. The molecule has 4 aliphatic rings. The molecule has 2 unspecified atom stereocenters. The van der Waals surface area contributed by atoms with E-state index in [0.717, 1.165) is 25.7 Å². The average Bonchev–Trinajstić information content (AvgIpc) is 3.27. The molecular formula is C32H42ClN3O5S. The summed E-state index contributed by atoms with van der Waals surface area (Å²) in [5.41, 5.74) is 6.28. The maximum Gasteiger partial charge on any atom is 0.243 e. The number of ether oxygens (including phenoxy) is 2. The number of halogens is 1. The first-order valence-corrected chi connectivity index (χ1v) is 17.3. The molecule has 3 saturated heterocycles. The molecule has 2 aromatic rings. The van der Waals surface area contributed by atoms with Crippen molar-refractivity contribution in [3.8, 4) is 11.5 Å².